The second kappa shape index (κ2) is 6.96. The summed E-state index contributed by atoms with van der Waals surface area (Å²) in [5, 5.41) is 14.1. The van der Waals surface area contributed by atoms with Gasteiger partial charge in [-0.3, -0.25) is 4.79 Å². The van der Waals surface area contributed by atoms with Crippen LogP contribution in [0.3, 0.4) is 0 Å². The van der Waals surface area contributed by atoms with Crippen LogP contribution in [0.4, 0.5) is 5.13 Å². The third kappa shape index (κ3) is 4.15. The first kappa shape index (κ1) is 15.3. The standard InChI is InChI=1S/C11H10N2O2S2.Ag/c1-7(14)16-6-10(15)13-11-12-8-4-2-3-5-9(8)17-11;/h2-6,15H,1H3,(H,12,13);/b10-6-;. The van der Waals surface area contributed by atoms with E-state index in [1.807, 2.05) is 24.3 Å². The Bertz CT molecular complexity index is 550. The van der Waals surface area contributed by atoms with Crippen LogP contribution in [0.15, 0.2) is 35.6 Å². The van der Waals surface area contributed by atoms with Gasteiger partial charge in [-0.25, -0.2) is 4.98 Å². The van der Waals surface area contributed by atoms with Gasteiger partial charge in [-0.15, -0.1) is 0 Å². The van der Waals surface area contributed by atoms with E-state index in [0.29, 0.717) is 5.13 Å². The zero-order valence-electron chi connectivity index (χ0n) is 9.31. The van der Waals surface area contributed by atoms with Crippen molar-refractivity contribution >= 4 is 43.6 Å². The Morgan fingerprint density at radius 1 is 1.50 bits per heavy atom. The number of rotatable bonds is 3. The van der Waals surface area contributed by atoms with Crippen molar-refractivity contribution in [2.45, 2.75) is 6.92 Å². The van der Waals surface area contributed by atoms with Crippen molar-refractivity contribution in [1.29, 1.82) is 0 Å². The van der Waals surface area contributed by atoms with Gasteiger partial charge in [-0.1, -0.05) is 35.2 Å². The molecule has 99 valence electrons. The molecule has 1 aromatic carbocycles. The summed E-state index contributed by atoms with van der Waals surface area (Å²) in [6.45, 7) is 1.44. The minimum atomic E-state index is -0.0809. The minimum absolute atomic E-state index is 0. The average Bonchev–Trinajstić information content (AvgIpc) is 2.68. The predicted molar refractivity (Wildman–Crippen MR) is 72.2 cm³/mol. The maximum atomic E-state index is 10.7. The molecule has 0 atom stereocenters. The van der Waals surface area contributed by atoms with Crippen LogP contribution in [0.5, 0.6) is 0 Å². The zero-order chi connectivity index (χ0) is 12.3. The van der Waals surface area contributed by atoms with E-state index in [0.717, 1.165) is 22.0 Å². The maximum absolute atomic E-state index is 10.7. The number of thiazole rings is 1. The monoisotopic (exact) mass is 373 g/mol. The fourth-order valence-corrected chi connectivity index (χ4v) is 2.41. The molecule has 2 rings (SSSR count). The second-order valence-electron chi connectivity index (χ2n) is 3.22. The summed E-state index contributed by atoms with van der Waals surface area (Å²) in [5.74, 6) is -0.0794. The molecule has 1 aromatic heterocycles. The van der Waals surface area contributed by atoms with Crippen LogP contribution in [0.25, 0.3) is 10.2 Å². The summed E-state index contributed by atoms with van der Waals surface area (Å²) in [5.41, 5.74) is 0.882. The summed E-state index contributed by atoms with van der Waals surface area (Å²) < 4.78 is 1.04. The molecule has 1 radical (unpaired) electrons. The van der Waals surface area contributed by atoms with Crippen LogP contribution >= 0.6 is 23.1 Å². The summed E-state index contributed by atoms with van der Waals surface area (Å²) >= 11 is 2.37. The molecule has 2 N–H and O–H groups in total. The number of nitrogens with zero attached hydrogens (tertiary/aromatic N) is 1. The quantitative estimate of drug-likeness (QED) is 0.638. The Balaban J connectivity index is 0.00000162. The largest absolute Gasteiger partial charge is 0.494 e. The van der Waals surface area contributed by atoms with Crippen LogP contribution in [-0.2, 0) is 27.2 Å². The smallest absolute Gasteiger partial charge is 0.197 e. The molecular weight excluding hydrogens is 364 g/mol. The number of benzene rings is 1. The van der Waals surface area contributed by atoms with Crippen LogP contribution in [-0.4, -0.2) is 15.2 Å². The molecule has 0 aliphatic rings. The molecule has 0 saturated heterocycles. The van der Waals surface area contributed by atoms with Gasteiger partial charge in [0.15, 0.2) is 16.1 Å². The molecule has 7 heteroatoms. The number of thioether (sulfide) groups is 1. The number of carbonyl (C=O) groups excluding carboxylic acids is 1. The van der Waals surface area contributed by atoms with Gasteiger partial charge >= 0.3 is 0 Å². The molecule has 18 heavy (non-hydrogen) atoms. The number of aromatic nitrogens is 1. The Hall–Kier alpha value is -0.790. The van der Waals surface area contributed by atoms with Gasteiger partial charge in [0.25, 0.3) is 0 Å². The summed E-state index contributed by atoms with van der Waals surface area (Å²) in [6, 6.07) is 7.71. The number of nitrogens with one attached hydrogen (secondary N) is 1. The van der Waals surface area contributed by atoms with Crippen LogP contribution < -0.4 is 5.32 Å². The van der Waals surface area contributed by atoms with Crippen molar-refractivity contribution in [2.24, 2.45) is 0 Å². The van der Waals surface area contributed by atoms with E-state index in [1.54, 1.807) is 0 Å². The van der Waals surface area contributed by atoms with Gasteiger partial charge in [-0.2, -0.15) is 0 Å². The van der Waals surface area contributed by atoms with E-state index in [4.69, 9.17) is 0 Å². The number of hydrogen-bond acceptors (Lipinski definition) is 6. The average molecular weight is 374 g/mol. The molecule has 0 fully saturated rings. The van der Waals surface area contributed by atoms with Crippen LogP contribution in [0.2, 0.25) is 0 Å². The van der Waals surface area contributed by atoms with E-state index in [9.17, 15) is 9.90 Å². The van der Waals surface area contributed by atoms with Gasteiger partial charge in [0.1, 0.15) is 0 Å². The number of aliphatic hydroxyl groups excluding tert-OH is 1. The number of para-hydroxylation sites is 1. The zero-order valence-corrected chi connectivity index (χ0v) is 12.4. The van der Waals surface area contributed by atoms with Crippen molar-refractivity contribution < 1.29 is 32.3 Å². The molecule has 0 saturated carbocycles. The Morgan fingerprint density at radius 2 is 2.22 bits per heavy atom. The minimum Gasteiger partial charge on any atom is -0.494 e. The number of carbonyl (C=O) groups is 1. The number of anilines is 1. The molecule has 4 nitrogen and oxygen atoms in total. The molecule has 0 amide bonds. The van der Waals surface area contributed by atoms with E-state index < -0.39 is 0 Å². The number of aliphatic hydroxyl groups is 1. The molecular formula is C11H10AgN2O2S2. The fraction of sp³-hybridized carbons (Fsp3) is 0.0909. The topological polar surface area (TPSA) is 62.2 Å². The van der Waals surface area contributed by atoms with Crippen molar-refractivity contribution in [3.8, 4) is 0 Å². The van der Waals surface area contributed by atoms with Crippen molar-refractivity contribution in [3.63, 3.8) is 0 Å². The maximum Gasteiger partial charge on any atom is 0.197 e. The van der Waals surface area contributed by atoms with Crippen LogP contribution in [0.1, 0.15) is 6.92 Å². The van der Waals surface area contributed by atoms with Crippen molar-refractivity contribution in [2.75, 3.05) is 5.32 Å². The second-order valence-corrected chi connectivity index (χ2v) is 5.30. The van der Waals surface area contributed by atoms with Crippen molar-refractivity contribution in [1.82, 2.24) is 4.98 Å². The first-order valence-corrected chi connectivity index (χ1v) is 6.54. The van der Waals surface area contributed by atoms with Gasteiger partial charge in [0.2, 0.25) is 0 Å². The summed E-state index contributed by atoms with van der Waals surface area (Å²) in [4.78, 5) is 15.0. The van der Waals surface area contributed by atoms with Crippen LogP contribution in [0, 0.1) is 0 Å². The molecule has 1 heterocycles. The molecule has 0 aliphatic heterocycles. The first-order chi connectivity index (χ1) is 8.15. The first-order valence-electron chi connectivity index (χ1n) is 4.84. The number of hydrogen-bond donors (Lipinski definition) is 2. The van der Waals surface area contributed by atoms with Gasteiger partial charge < -0.3 is 10.4 Å². The van der Waals surface area contributed by atoms with E-state index in [-0.39, 0.29) is 33.4 Å². The molecule has 0 unspecified atom stereocenters. The summed E-state index contributed by atoms with van der Waals surface area (Å²) in [7, 11) is 0. The molecule has 0 spiro atoms. The third-order valence-electron chi connectivity index (χ3n) is 1.87. The van der Waals surface area contributed by atoms with E-state index >= 15 is 0 Å². The third-order valence-corrected chi connectivity index (χ3v) is 3.49. The van der Waals surface area contributed by atoms with Crippen molar-refractivity contribution in [3.05, 3.63) is 35.6 Å². The molecule has 0 bridgehead atoms. The molecule has 2 aromatic rings. The normalized spacial score (nSPS) is 11.1. The van der Waals surface area contributed by atoms with Gasteiger partial charge in [0, 0.05) is 34.7 Å². The Kier molecular flexibility index (Phi) is 5.91. The van der Waals surface area contributed by atoms with E-state index in [2.05, 4.69) is 10.3 Å². The van der Waals surface area contributed by atoms with E-state index in [1.165, 1.54) is 23.7 Å². The summed E-state index contributed by atoms with van der Waals surface area (Å²) in [6.07, 6.45) is 0. The SMILES string of the molecule is CC(=O)S/C=C(\O)Nc1nc2ccccc2s1.[Ag]. The molecule has 0 aliphatic carbocycles. The Morgan fingerprint density at radius 3 is 2.89 bits per heavy atom. The van der Waals surface area contributed by atoms with Gasteiger partial charge in [0.05, 0.1) is 10.2 Å². The number of fused-ring (bicyclic) bond motifs is 1. The van der Waals surface area contributed by atoms with Gasteiger partial charge in [-0.05, 0) is 12.1 Å². The predicted octanol–water partition coefficient (Wildman–Crippen LogP) is 3.34. The Labute approximate surface area is 128 Å². The fourth-order valence-electron chi connectivity index (χ4n) is 1.20.